The van der Waals surface area contributed by atoms with Crippen molar-refractivity contribution >= 4 is 17.7 Å². The molecule has 1 heterocycles. The van der Waals surface area contributed by atoms with E-state index in [0.29, 0.717) is 0 Å². The van der Waals surface area contributed by atoms with Crippen molar-refractivity contribution < 1.29 is 29.5 Å². The minimum absolute atomic E-state index is 0. The molecule has 0 aliphatic heterocycles. The molecule has 6 nitrogen and oxygen atoms in total. The molecule has 0 bridgehead atoms. The summed E-state index contributed by atoms with van der Waals surface area (Å²) >= 11 is 0. The van der Waals surface area contributed by atoms with Crippen LogP contribution in [0.5, 0.6) is 0 Å². The monoisotopic (exact) mass is 239 g/mol. The van der Waals surface area contributed by atoms with Crippen LogP contribution in [0.1, 0.15) is 15.9 Å². The highest BCUT2D eigenvalue weighted by atomic mass is 16.4. The van der Waals surface area contributed by atoms with Crippen LogP contribution in [0.3, 0.4) is 0 Å². The second kappa shape index (κ2) is 5.64. The maximum absolute atomic E-state index is 10.7. The summed E-state index contributed by atoms with van der Waals surface area (Å²) in [6, 6.07) is 1.21. The zero-order valence-electron chi connectivity index (χ0n) is 9.25. The van der Waals surface area contributed by atoms with E-state index in [4.69, 9.17) is 15.3 Å². The summed E-state index contributed by atoms with van der Waals surface area (Å²) in [5.41, 5.74) is 0.0510. The highest BCUT2D eigenvalue weighted by Gasteiger charge is 2.16. The third-order valence-corrected chi connectivity index (χ3v) is 1.82. The number of nitrogens with zero attached hydrogens (tertiary/aromatic N) is 1. The largest absolute Gasteiger partial charge is 0.508 e. The lowest BCUT2D eigenvalue weighted by atomic mass is 10.2. The molecule has 0 aromatic carbocycles. The van der Waals surface area contributed by atoms with Crippen LogP contribution in [-0.2, 0) is 11.3 Å². The van der Waals surface area contributed by atoms with E-state index in [0.717, 1.165) is 4.57 Å². The van der Waals surface area contributed by atoms with E-state index in [-0.39, 0.29) is 30.9 Å². The highest BCUT2D eigenvalue weighted by Crippen LogP contribution is 2.08. The maximum atomic E-state index is 10.7. The molecule has 3 N–H and O–H groups in total. The number of carboxylic acid groups (broad SMARTS) is 2. The number of aromatic nitrogens is 1. The lowest BCUT2D eigenvalue weighted by molar-refractivity contribution is -0.686. The number of pyridine rings is 1. The first-order chi connectivity index (χ1) is 7.40. The Morgan fingerprint density at radius 1 is 1.18 bits per heavy atom. The third-order valence-electron chi connectivity index (χ3n) is 1.82. The Hall–Kier alpha value is -2.37. The molecule has 6 heteroatoms. The lowest BCUT2D eigenvalue weighted by Crippen LogP contribution is -2.38. The van der Waals surface area contributed by atoms with E-state index in [2.05, 4.69) is 6.58 Å². The van der Waals surface area contributed by atoms with Gasteiger partial charge < -0.3 is 22.7 Å². The van der Waals surface area contributed by atoms with E-state index < -0.39 is 11.9 Å². The van der Waals surface area contributed by atoms with Crippen LogP contribution in [0.25, 0.3) is 5.76 Å². The third kappa shape index (κ3) is 3.94. The lowest BCUT2D eigenvalue weighted by Gasteiger charge is -2.00. The molecule has 92 valence electrons. The van der Waals surface area contributed by atoms with Crippen LogP contribution in [-0.4, -0.2) is 27.3 Å². The van der Waals surface area contributed by atoms with Crippen LogP contribution in [0.4, 0.5) is 0 Å². The number of hydrogen-bond donors (Lipinski definition) is 3. The smallest absolute Gasteiger partial charge is 0.370 e. The van der Waals surface area contributed by atoms with Gasteiger partial charge in [-0.15, -0.1) is 0 Å². The maximum Gasteiger partial charge on any atom is 0.370 e. The van der Waals surface area contributed by atoms with Gasteiger partial charge in [-0.05, 0) is 6.07 Å². The second-order valence-electron chi connectivity index (χ2n) is 3.13. The summed E-state index contributed by atoms with van der Waals surface area (Å²) in [5, 5.41) is 26.5. The van der Waals surface area contributed by atoms with Crippen molar-refractivity contribution in [2.24, 2.45) is 0 Å². The number of aliphatic hydroxyl groups is 1. The van der Waals surface area contributed by atoms with Crippen LogP contribution in [0.2, 0.25) is 0 Å². The van der Waals surface area contributed by atoms with Crippen molar-refractivity contribution in [3.05, 3.63) is 43.6 Å². The SMILES string of the molecule is C=C(O)c1cc(C(=O)O)c[n+](CC(=O)O)c1.[CH3-]. The van der Waals surface area contributed by atoms with Crippen molar-refractivity contribution in [2.75, 3.05) is 0 Å². The topological polar surface area (TPSA) is 98.7 Å². The standard InChI is InChI=1S/C10H9NO5.CH3/c1-6(12)7-2-8(10(15)16)4-11(3-7)5-9(13)14;/h2-4H,1,5H2,(H2-,12,13,14,15,16);1H3/q;-1/p+1. The molecule has 0 atom stereocenters. The average molecular weight is 239 g/mol. The van der Waals surface area contributed by atoms with Crippen LogP contribution >= 0.6 is 0 Å². The summed E-state index contributed by atoms with van der Waals surface area (Å²) < 4.78 is 1.16. The minimum atomic E-state index is -1.21. The fourth-order valence-corrected chi connectivity index (χ4v) is 1.16. The molecule has 0 fully saturated rings. The molecular formula is C11H13NO5. The molecule has 0 unspecified atom stereocenters. The number of rotatable bonds is 4. The Labute approximate surface area is 98.1 Å². The Bertz CT molecular complexity index is 435. The van der Waals surface area contributed by atoms with Gasteiger partial charge in [0.25, 0.3) is 0 Å². The van der Waals surface area contributed by atoms with Crippen molar-refractivity contribution in [1.82, 2.24) is 0 Å². The Kier molecular flexibility index (Phi) is 4.86. The minimum Gasteiger partial charge on any atom is -0.508 e. The quantitative estimate of drug-likeness (QED) is 0.409. The molecule has 1 aromatic rings. The van der Waals surface area contributed by atoms with Crippen LogP contribution in [0.15, 0.2) is 25.0 Å². The molecule has 0 amide bonds. The summed E-state index contributed by atoms with van der Waals surface area (Å²) in [6.45, 7) is 2.86. The van der Waals surface area contributed by atoms with Gasteiger partial charge in [0.05, 0.1) is 5.56 Å². The van der Waals surface area contributed by atoms with Crippen molar-refractivity contribution in [3.8, 4) is 0 Å². The molecule has 1 aromatic heterocycles. The molecule has 0 saturated heterocycles. The molecule has 0 spiro atoms. The first-order valence-corrected chi connectivity index (χ1v) is 4.27. The Balaban J connectivity index is 0.00000256. The van der Waals surface area contributed by atoms with Crippen molar-refractivity contribution in [3.63, 3.8) is 0 Å². The first-order valence-electron chi connectivity index (χ1n) is 4.27. The Morgan fingerprint density at radius 2 is 1.71 bits per heavy atom. The van der Waals surface area contributed by atoms with Crippen molar-refractivity contribution in [2.45, 2.75) is 6.54 Å². The molecule has 0 radical (unpaired) electrons. The van der Waals surface area contributed by atoms with E-state index in [9.17, 15) is 9.59 Å². The van der Waals surface area contributed by atoms with Crippen LogP contribution in [0, 0.1) is 7.43 Å². The van der Waals surface area contributed by atoms with Crippen LogP contribution < -0.4 is 4.57 Å². The first kappa shape index (κ1) is 14.6. The highest BCUT2D eigenvalue weighted by molar-refractivity contribution is 5.87. The predicted molar refractivity (Wildman–Crippen MR) is 59.3 cm³/mol. The average Bonchev–Trinajstić information content (AvgIpc) is 2.15. The molecule has 1 rings (SSSR count). The molecule has 0 aliphatic rings. The number of hydrogen-bond acceptors (Lipinski definition) is 3. The van der Waals surface area contributed by atoms with E-state index >= 15 is 0 Å². The van der Waals surface area contributed by atoms with Gasteiger partial charge in [0.2, 0.25) is 6.54 Å². The van der Waals surface area contributed by atoms with Gasteiger partial charge in [0.15, 0.2) is 12.4 Å². The second-order valence-corrected chi connectivity index (χ2v) is 3.13. The fraction of sp³-hybridized carbons (Fsp3) is 0.0909. The Morgan fingerprint density at radius 3 is 2.12 bits per heavy atom. The predicted octanol–water partition coefficient (Wildman–Crippen LogP) is 0.736. The number of carbonyl (C=O) groups is 2. The molecule has 0 aliphatic carbocycles. The van der Waals surface area contributed by atoms with Gasteiger partial charge in [0, 0.05) is 0 Å². The zero-order valence-corrected chi connectivity index (χ0v) is 9.25. The van der Waals surface area contributed by atoms with Gasteiger partial charge in [-0.2, -0.15) is 4.57 Å². The fourth-order valence-electron chi connectivity index (χ4n) is 1.16. The normalized spacial score (nSPS) is 9.18. The number of aliphatic carboxylic acids is 1. The number of carboxylic acids is 2. The summed E-state index contributed by atoms with van der Waals surface area (Å²) in [7, 11) is 0. The summed E-state index contributed by atoms with van der Waals surface area (Å²) in [6.07, 6.45) is 2.48. The zero-order chi connectivity index (χ0) is 12.3. The van der Waals surface area contributed by atoms with E-state index in [1.54, 1.807) is 0 Å². The number of aromatic carboxylic acids is 1. The number of aliphatic hydroxyl groups excluding tert-OH is 1. The molecule has 0 saturated carbocycles. The summed E-state index contributed by atoms with van der Waals surface area (Å²) in [5.74, 6) is -2.63. The van der Waals surface area contributed by atoms with Gasteiger partial charge in [0.1, 0.15) is 11.3 Å². The van der Waals surface area contributed by atoms with Gasteiger partial charge >= 0.3 is 11.9 Å². The van der Waals surface area contributed by atoms with Gasteiger partial charge in [-0.25, -0.2) is 9.59 Å². The van der Waals surface area contributed by atoms with E-state index in [1.165, 1.54) is 18.5 Å². The summed E-state index contributed by atoms with van der Waals surface area (Å²) in [4.78, 5) is 21.2. The van der Waals surface area contributed by atoms with Gasteiger partial charge in [-0.1, -0.05) is 6.58 Å². The van der Waals surface area contributed by atoms with E-state index in [1.807, 2.05) is 0 Å². The van der Waals surface area contributed by atoms with Crippen molar-refractivity contribution in [1.29, 1.82) is 0 Å². The molecular weight excluding hydrogens is 226 g/mol. The van der Waals surface area contributed by atoms with Gasteiger partial charge in [-0.3, -0.25) is 0 Å². The molecule has 17 heavy (non-hydrogen) atoms.